The summed E-state index contributed by atoms with van der Waals surface area (Å²) >= 11 is 0. The van der Waals surface area contributed by atoms with Crippen molar-refractivity contribution in [1.82, 2.24) is 4.98 Å². The predicted molar refractivity (Wildman–Crippen MR) is 158 cm³/mol. The molecule has 17 heteroatoms. The molecule has 1 aromatic heterocycles. The van der Waals surface area contributed by atoms with Crippen LogP contribution in [-0.4, -0.2) is 97.5 Å². The molecule has 0 N–H and O–H groups in total. The molecule has 2 nitrogen and oxygen atoms in total. The molecule has 1 aromatic rings. The van der Waals surface area contributed by atoms with Crippen molar-refractivity contribution in [2.24, 2.45) is 0 Å². The summed E-state index contributed by atoms with van der Waals surface area (Å²) in [6.45, 7) is 28.8. The topological polar surface area (TPSA) is 32.8 Å². The summed E-state index contributed by atoms with van der Waals surface area (Å²) in [5.41, 5.74) is 3.16. The maximum Gasteiger partial charge on any atom is 2.00 e. The number of hydrogen-bond donors (Lipinski definition) is 0. The van der Waals surface area contributed by atoms with Gasteiger partial charge in [-0.1, -0.05) is 19.9 Å². The Hall–Kier alpha value is 0.699. The van der Waals surface area contributed by atoms with E-state index in [1.54, 1.807) is 0 Å². The first-order valence-electron chi connectivity index (χ1n) is 11.4. The van der Waals surface area contributed by atoms with Gasteiger partial charge in [0.15, 0.2) is 0 Å². The molecule has 39 heavy (non-hydrogen) atoms. The van der Waals surface area contributed by atoms with Crippen molar-refractivity contribution in [3.05, 3.63) is 36.2 Å². The van der Waals surface area contributed by atoms with Gasteiger partial charge in [0.2, 0.25) is 0 Å². The van der Waals surface area contributed by atoms with E-state index in [9.17, 15) is 34.5 Å². The van der Waals surface area contributed by atoms with Crippen molar-refractivity contribution in [3.8, 4) is 0 Å². The van der Waals surface area contributed by atoms with Gasteiger partial charge < -0.3 is 34.5 Å². The second-order valence-electron chi connectivity index (χ2n) is 10.5. The first-order chi connectivity index (χ1) is 16.9. The molecule has 0 spiro atoms. The molecule has 0 unspecified atom stereocenters. The molecule has 0 aliphatic heterocycles. The van der Waals surface area contributed by atoms with Gasteiger partial charge in [0.1, 0.15) is 0 Å². The Kier molecular flexibility index (Phi) is 25.6. The summed E-state index contributed by atoms with van der Waals surface area (Å²) in [6, 6.07) is 6.91. The van der Waals surface area contributed by atoms with Crippen LogP contribution in [0.2, 0.25) is 0 Å². The average molecular weight is 689 g/mol. The first-order valence-corrected chi connectivity index (χ1v) is 21.1. The minimum atomic E-state index is -6.00. The van der Waals surface area contributed by atoms with E-state index >= 15 is 0 Å². The van der Waals surface area contributed by atoms with E-state index in [0.29, 0.717) is 0 Å². The van der Waals surface area contributed by atoms with Crippen LogP contribution >= 0.6 is 31.7 Å². The number of rotatable bonds is 10. The summed E-state index contributed by atoms with van der Waals surface area (Å²) in [4.78, 5) is 5.37. The fraction of sp³-hybridized carbons (Fsp3) is 0.727. The zero-order valence-electron chi connectivity index (χ0n) is 24.2. The van der Waals surface area contributed by atoms with Gasteiger partial charge in [-0.2, -0.15) is 0 Å². The molecule has 0 radical (unpaired) electrons. The van der Waals surface area contributed by atoms with Crippen LogP contribution in [0.3, 0.4) is 0 Å². The van der Waals surface area contributed by atoms with E-state index in [2.05, 4.69) is 92.0 Å². The number of halogens is 8. The molecule has 0 atom stereocenters. The molecule has 1 rings (SSSR count). The van der Waals surface area contributed by atoms with E-state index in [-0.39, 0.29) is 59.6 Å². The van der Waals surface area contributed by atoms with Gasteiger partial charge in [-0.3, -0.25) is 4.98 Å². The van der Waals surface area contributed by atoms with Crippen molar-refractivity contribution in [2.45, 2.75) is 24.7 Å². The third kappa shape index (κ3) is 28.6. The van der Waals surface area contributed by atoms with Gasteiger partial charge in [0.05, 0.1) is 0 Å². The first kappa shape index (κ1) is 46.7. The molecule has 0 saturated carbocycles. The van der Waals surface area contributed by atoms with Crippen LogP contribution in [0.1, 0.15) is 25.2 Å². The molecule has 230 valence electrons. The van der Waals surface area contributed by atoms with Crippen molar-refractivity contribution in [3.63, 3.8) is 0 Å². The van der Waals surface area contributed by atoms with Crippen LogP contribution < -0.4 is 0 Å². The molecule has 0 aromatic carbocycles. The third-order valence-electron chi connectivity index (χ3n) is 4.65. The maximum absolute atomic E-state index is 9.75. The van der Waals surface area contributed by atoms with Gasteiger partial charge in [-0.15, -0.1) is 31.7 Å². The second-order valence-corrected chi connectivity index (χ2v) is 20.4. The van der Waals surface area contributed by atoms with E-state index in [1.165, 1.54) is 36.0 Å². The van der Waals surface area contributed by atoms with Crippen LogP contribution in [0.25, 0.3) is 0 Å². The van der Waals surface area contributed by atoms with Gasteiger partial charge >= 0.3 is 42.9 Å². The molecule has 0 saturated heterocycles. The molecule has 0 amide bonds. The smallest absolute Gasteiger partial charge is 2.00 e. The fourth-order valence-corrected chi connectivity index (χ4v) is 11.4. The number of pyridine rings is 1. The third-order valence-corrected chi connectivity index (χ3v) is 9.97. The van der Waals surface area contributed by atoms with E-state index in [0.717, 1.165) is 0 Å². The summed E-state index contributed by atoms with van der Waals surface area (Å²) < 4.78 is 85.5. The van der Waals surface area contributed by atoms with Gasteiger partial charge in [-0.25, -0.2) is 0 Å². The molecule has 0 aliphatic rings. The normalized spacial score (nSPS) is 12.1. The average Bonchev–Trinajstić information content (AvgIpc) is 2.64. The van der Waals surface area contributed by atoms with Gasteiger partial charge in [-0.05, 0) is 90.1 Å². The van der Waals surface area contributed by atoms with Crippen molar-refractivity contribution in [2.75, 3.05) is 78.0 Å². The summed E-state index contributed by atoms with van der Waals surface area (Å²) in [5, 5.41) is 0. The Bertz CT molecular complexity index is 712. The summed E-state index contributed by atoms with van der Waals surface area (Å²) in [7, 11) is -11.7. The number of aromatic nitrogens is 1. The van der Waals surface area contributed by atoms with Gasteiger partial charge in [0.25, 0.3) is 0 Å². The SMILES string of the molecule is CP(C)CC(C)(CP(C)C)c1cccc(C(C)(CP(C)C)CP(C)C)n1.F[B-](F)(F)F.F[B-](F)(F)F.[C-]#[O+].[Fe+2]. The monoisotopic (exact) mass is 689 g/mol. The van der Waals surface area contributed by atoms with Crippen LogP contribution in [0.15, 0.2) is 18.2 Å². The number of hydrogen-bond acceptors (Lipinski definition) is 1. The Labute approximate surface area is 245 Å². The molecule has 1 heterocycles. The molecular weight excluding hydrogens is 648 g/mol. The van der Waals surface area contributed by atoms with Crippen LogP contribution in [-0.2, 0) is 32.6 Å². The quantitative estimate of drug-likeness (QED) is 0.0794. The Morgan fingerprint density at radius 2 is 0.795 bits per heavy atom. The minimum absolute atomic E-state index is 0. The summed E-state index contributed by atoms with van der Waals surface area (Å²) in [6.07, 6.45) is 5.16. The number of nitrogens with zero attached hydrogens (tertiary/aromatic N) is 1. The van der Waals surface area contributed by atoms with Crippen LogP contribution in [0.4, 0.5) is 34.5 Å². The van der Waals surface area contributed by atoms with E-state index in [4.69, 9.17) is 9.64 Å². The van der Waals surface area contributed by atoms with Crippen molar-refractivity contribution in [1.29, 1.82) is 0 Å². The zero-order chi connectivity index (χ0) is 31.1. The maximum atomic E-state index is 9.75. The zero-order valence-corrected chi connectivity index (χ0v) is 28.9. The standard InChI is InChI=1S/C21H41NP4.CO.2BF4.Fe/c1-20(14-23(3)4,15-24(5)6)18-12-11-13-19(22-18)21(2,16-25(7)8)17-26(9)10;1-2;2*2-1(3,4)5;/h11-13H,14-17H2,1-10H3;;;;/q;;2*-1;+2. The van der Waals surface area contributed by atoms with Crippen LogP contribution in [0, 0.1) is 6.65 Å². The predicted octanol–water partition coefficient (Wildman–Crippen LogP) is 9.12. The Morgan fingerprint density at radius 3 is 0.949 bits per heavy atom. The second kappa shape index (κ2) is 21.4. The van der Waals surface area contributed by atoms with Crippen molar-refractivity contribution < 1.29 is 56.2 Å². The van der Waals surface area contributed by atoms with Gasteiger partial charge in [0, 0.05) is 22.2 Å². The molecular formula is C22H41B2F8FeNOP4. The largest absolute Gasteiger partial charge is 2.00 e. The Morgan fingerprint density at radius 1 is 0.615 bits per heavy atom. The van der Waals surface area contributed by atoms with E-state index < -0.39 is 14.5 Å². The molecule has 0 aliphatic carbocycles. The minimum Gasteiger partial charge on any atom is 2.00 e. The Balaban J connectivity index is -0.000000396. The molecule has 0 bridgehead atoms. The van der Waals surface area contributed by atoms with Crippen LogP contribution in [0.5, 0.6) is 0 Å². The fourth-order valence-electron chi connectivity index (χ4n) is 4.32. The summed E-state index contributed by atoms with van der Waals surface area (Å²) in [5.74, 6) is 0. The molecule has 0 fully saturated rings. The van der Waals surface area contributed by atoms with E-state index in [1.807, 2.05) is 0 Å². The van der Waals surface area contributed by atoms with Crippen molar-refractivity contribution >= 4 is 46.2 Å².